The molecule has 0 unspecified atom stereocenters. The van der Waals surface area contributed by atoms with Crippen molar-refractivity contribution in [1.29, 1.82) is 0 Å². The number of benzene rings is 2. The molecular formula is C17H15NO3. The third kappa shape index (κ3) is 2.40. The number of rotatable bonds is 3. The Labute approximate surface area is 123 Å². The van der Waals surface area contributed by atoms with Crippen molar-refractivity contribution in [1.82, 2.24) is 0 Å². The second kappa shape index (κ2) is 5.40. The van der Waals surface area contributed by atoms with Gasteiger partial charge in [0.1, 0.15) is 5.75 Å². The highest BCUT2D eigenvalue weighted by molar-refractivity contribution is 6.44. The third-order valence-electron chi connectivity index (χ3n) is 3.68. The number of carbonyl (C=O) groups is 2. The van der Waals surface area contributed by atoms with Crippen molar-refractivity contribution in [3.05, 3.63) is 60.2 Å². The van der Waals surface area contributed by atoms with Crippen molar-refractivity contribution in [2.45, 2.75) is 12.5 Å². The van der Waals surface area contributed by atoms with Gasteiger partial charge in [0, 0.05) is 12.1 Å². The van der Waals surface area contributed by atoms with Crippen molar-refractivity contribution < 1.29 is 14.3 Å². The van der Waals surface area contributed by atoms with Crippen LogP contribution in [0.2, 0.25) is 0 Å². The van der Waals surface area contributed by atoms with Gasteiger partial charge in [-0.1, -0.05) is 30.3 Å². The second-order valence-electron chi connectivity index (χ2n) is 4.93. The standard InChI is InChI=1S/C17H15NO3/c1-21-14-9-7-12(8-10-14)15-11-16(19)17(20)18(15)13-5-3-2-4-6-13/h2-10,15H,11H2,1H3/t15-/m1/s1. The predicted molar refractivity (Wildman–Crippen MR) is 79.3 cm³/mol. The highest BCUT2D eigenvalue weighted by Crippen LogP contribution is 2.35. The van der Waals surface area contributed by atoms with Crippen molar-refractivity contribution in [2.75, 3.05) is 12.0 Å². The Morgan fingerprint density at radius 1 is 1.00 bits per heavy atom. The van der Waals surface area contributed by atoms with Gasteiger partial charge >= 0.3 is 0 Å². The first-order chi connectivity index (χ1) is 10.2. The van der Waals surface area contributed by atoms with Crippen LogP contribution in [-0.4, -0.2) is 18.8 Å². The summed E-state index contributed by atoms with van der Waals surface area (Å²) in [5.74, 6) is -0.0395. The first-order valence-corrected chi connectivity index (χ1v) is 6.76. The smallest absolute Gasteiger partial charge is 0.295 e. The van der Waals surface area contributed by atoms with Crippen LogP contribution in [0.5, 0.6) is 5.75 Å². The average Bonchev–Trinajstić information content (AvgIpc) is 2.84. The average molecular weight is 281 g/mol. The maximum Gasteiger partial charge on any atom is 0.295 e. The van der Waals surface area contributed by atoms with E-state index in [4.69, 9.17) is 4.74 Å². The van der Waals surface area contributed by atoms with Crippen LogP contribution in [0.4, 0.5) is 5.69 Å². The van der Waals surface area contributed by atoms with Crippen molar-refractivity contribution in [3.63, 3.8) is 0 Å². The molecule has 2 aromatic rings. The number of hydrogen-bond acceptors (Lipinski definition) is 3. The Morgan fingerprint density at radius 2 is 1.67 bits per heavy atom. The van der Waals surface area contributed by atoms with Crippen LogP contribution in [-0.2, 0) is 9.59 Å². The topological polar surface area (TPSA) is 46.6 Å². The molecule has 0 aromatic heterocycles. The van der Waals surface area contributed by atoms with E-state index in [9.17, 15) is 9.59 Å². The van der Waals surface area contributed by atoms with Gasteiger partial charge in [-0.15, -0.1) is 0 Å². The number of carbonyl (C=O) groups excluding carboxylic acids is 2. The van der Waals surface area contributed by atoms with E-state index >= 15 is 0 Å². The number of para-hydroxylation sites is 1. The lowest BCUT2D eigenvalue weighted by Crippen LogP contribution is -2.29. The number of anilines is 1. The number of ketones is 1. The lowest BCUT2D eigenvalue weighted by atomic mass is 10.0. The first-order valence-electron chi connectivity index (χ1n) is 6.76. The Balaban J connectivity index is 1.99. The summed E-state index contributed by atoms with van der Waals surface area (Å²) >= 11 is 0. The van der Waals surface area contributed by atoms with Crippen LogP contribution < -0.4 is 9.64 Å². The Bertz CT molecular complexity index is 664. The second-order valence-corrected chi connectivity index (χ2v) is 4.93. The molecule has 1 saturated heterocycles. The third-order valence-corrected chi connectivity index (χ3v) is 3.68. The molecule has 1 atom stereocenters. The molecule has 1 heterocycles. The van der Waals surface area contributed by atoms with Crippen LogP contribution in [0.1, 0.15) is 18.0 Å². The highest BCUT2D eigenvalue weighted by Gasteiger charge is 2.39. The van der Waals surface area contributed by atoms with Gasteiger partial charge in [-0.2, -0.15) is 0 Å². The minimum absolute atomic E-state index is 0.208. The minimum atomic E-state index is -0.443. The van der Waals surface area contributed by atoms with Crippen molar-refractivity contribution in [3.8, 4) is 5.75 Å². The molecule has 1 aliphatic rings. The molecule has 4 nitrogen and oxygen atoms in total. The van der Waals surface area contributed by atoms with Gasteiger partial charge < -0.3 is 4.74 Å². The fraction of sp³-hybridized carbons (Fsp3) is 0.176. The lowest BCUT2D eigenvalue weighted by molar-refractivity contribution is -0.133. The molecule has 3 rings (SSSR count). The van der Waals surface area contributed by atoms with Gasteiger partial charge in [-0.3, -0.25) is 14.5 Å². The molecule has 21 heavy (non-hydrogen) atoms. The molecule has 1 fully saturated rings. The van der Waals surface area contributed by atoms with Crippen molar-refractivity contribution >= 4 is 17.4 Å². The Hall–Kier alpha value is -2.62. The molecule has 0 spiro atoms. The summed E-state index contributed by atoms with van der Waals surface area (Å²) in [5, 5.41) is 0. The van der Waals surface area contributed by atoms with E-state index in [1.165, 1.54) is 0 Å². The number of Topliss-reactive ketones (excluding diaryl/α,β-unsaturated/α-hetero) is 1. The molecule has 1 amide bonds. The monoisotopic (exact) mass is 281 g/mol. The largest absolute Gasteiger partial charge is 0.497 e. The fourth-order valence-corrected chi connectivity index (χ4v) is 2.61. The molecule has 0 radical (unpaired) electrons. The maximum atomic E-state index is 12.2. The predicted octanol–water partition coefficient (Wildman–Crippen LogP) is 2.74. The summed E-state index contributed by atoms with van der Waals surface area (Å²) in [6.07, 6.45) is 0.208. The zero-order chi connectivity index (χ0) is 14.8. The summed E-state index contributed by atoms with van der Waals surface area (Å²) < 4.78 is 5.14. The maximum absolute atomic E-state index is 12.2. The van der Waals surface area contributed by atoms with Gasteiger partial charge in [0.05, 0.1) is 13.2 Å². The molecule has 0 N–H and O–H groups in total. The summed E-state index contributed by atoms with van der Waals surface area (Å²) in [6, 6.07) is 16.5. The number of amides is 1. The van der Waals surface area contributed by atoms with Crippen LogP contribution in [0.3, 0.4) is 0 Å². The quantitative estimate of drug-likeness (QED) is 0.813. The minimum Gasteiger partial charge on any atom is -0.497 e. The van der Waals surface area contributed by atoms with E-state index < -0.39 is 5.91 Å². The SMILES string of the molecule is COc1ccc([C@H]2CC(=O)C(=O)N2c2ccccc2)cc1. The van der Waals surface area contributed by atoms with Gasteiger partial charge in [0.15, 0.2) is 0 Å². The number of nitrogens with zero attached hydrogens (tertiary/aromatic N) is 1. The van der Waals surface area contributed by atoms with E-state index in [0.717, 1.165) is 17.0 Å². The van der Waals surface area contributed by atoms with E-state index in [0.29, 0.717) is 0 Å². The highest BCUT2D eigenvalue weighted by atomic mass is 16.5. The Morgan fingerprint density at radius 3 is 2.29 bits per heavy atom. The normalized spacial score (nSPS) is 18.1. The Kier molecular flexibility index (Phi) is 3.44. The lowest BCUT2D eigenvalue weighted by Gasteiger charge is -2.24. The fourth-order valence-electron chi connectivity index (χ4n) is 2.61. The summed E-state index contributed by atoms with van der Waals surface area (Å²) in [6.45, 7) is 0. The number of ether oxygens (including phenoxy) is 1. The van der Waals surface area contributed by atoms with E-state index in [-0.39, 0.29) is 18.2 Å². The first kappa shape index (κ1) is 13.4. The zero-order valence-electron chi connectivity index (χ0n) is 11.7. The molecule has 106 valence electrons. The molecule has 0 bridgehead atoms. The van der Waals surface area contributed by atoms with Crippen LogP contribution >= 0.6 is 0 Å². The molecule has 0 saturated carbocycles. The van der Waals surface area contributed by atoms with Gasteiger partial charge in [-0.25, -0.2) is 0 Å². The van der Waals surface area contributed by atoms with Crippen LogP contribution in [0.25, 0.3) is 0 Å². The molecule has 0 aliphatic carbocycles. The molecule has 1 aliphatic heterocycles. The van der Waals surface area contributed by atoms with Crippen molar-refractivity contribution in [2.24, 2.45) is 0 Å². The van der Waals surface area contributed by atoms with Gasteiger partial charge in [0.2, 0.25) is 5.78 Å². The molecular weight excluding hydrogens is 266 g/mol. The summed E-state index contributed by atoms with van der Waals surface area (Å²) in [7, 11) is 1.61. The zero-order valence-corrected chi connectivity index (χ0v) is 11.7. The number of hydrogen-bond donors (Lipinski definition) is 0. The summed E-state index contributed by atoms with van der Waals surface area (Å²) in [4.78, 5) is 25.6. The van der Waals surface area contributed by atoms with E-state index in [1.807, 2.05) is 54.6 Å². The summed E-state index contributed by atoms with van der Waals surface area (Å²) in [5.41, 5.74) is 1.67. The van der Waals surface area contributed by atoms with Gasteiger partial charge in [-0.05, 0) is 29.8 Å². The number of methoxy groups -OCH3 is 1. The molecule has 4 heteroatoms. The van der Waals surface area contributed by atoms with Gasteiger partial charge in [0.25, 0.3) is 5.91 Å². The van der Waals surface area contributed by atoms with Crippen LogP contribution in [0.15, 0.2) is 54.6 Å². The van der Waals surface area contributed by atoms with Crippen LogP contribution in [0, 0.1) is 0 Å². The van der Waals surface area contributed by atoms with E-state index in [1.54, 1.807) is 12.0 Å². The molecule has 2 aromatic carbocycles. The van der Waals surface area contributed by atoms with E-state index in [2.05, 4.69) is 0 Å².